The van der Waals surface area contributed by atoms with Crippen LogP contribution in [0.1, 0.15) is 29.6 Å². The summed E-state index contributed by atoms with van der Waals surface area (Å²) in [5, 5.41) is 3.57. The topological polar surface area (TPSA) is 56.8 Å². The van der Waals surface area contributed by atoms with E-state index in [1.807, 2.05) is 0 Å². The number of benzene rings is 1. The maximum atomic E-state index is 12.5. The van der Waals surface area contributed by atoms with Gasteiger partial charge in [0.1, 0.15) is 5.75 Å². The molecule has 3 unspecified atom stereocenters. The van der Waals surface area contributed by atoms with Gasteiger partial charge in [0.2, 0.25) is 0 Å². The highest BCUT2D eigenvalue weighted by Crippen LogP contribution is 2.28. The first-order chi connectivity index (χ1) is 10.7. The Morgan fingerprint density at radius 1 is 1.27 bits per heavy atom. The minimum atomic E-state index is -0.167. The Kier molecular flexibility index (Phi) is 4.86. The molecule has 0 aromatic heterocycles. The van der Waals surface area contributed by atoms with Gasteiger partial charge in [-0.3, -0.25) is 4.79 Å². The lowest BCUT2D eigenvalue weighted by Gasteiger charge is -2.39. The van der Waals surface area contributed by atoms with Gasteiger partial charge in [-0.15, -0.1) is 0 Å². The summed E-state index contributed by atoms with van der Waals surface area (Å²) in [6.07, 6.45) is 2.82. The van der Waals surface area contributed by atoms with Crippen LogP contribution in [0.3, 0.4) is 0 Å². The van der Waals surface area contributed by atoms with Crippen LogP contribution in [0.15, 0.2) is 18.2 Å². The molecule has 1 aliphatic carbocycles. The van der Waals surface area contributed by atoms with Gasteiger partial charge in [0.05, 0.1) is 38.1 Å². The minimum Gasteiger partial charge on any atom is -0.496 e. The zero-order valence-electron chi connectivity index (χ0n) is 12.5. The molecule has 1 heterocycles. The van der Waals surface area contributed by atoms with E-state index in [9.17, 15) is 4.79 Å². The molecule has 2 aliphatic rings. The maximum absolute atomic E-state index is 12.5. The van der Waals surface area contributed by atoms with Crippen LogP contribution < -0.4 is 10.1 Å². The number of methoxy groups -OCH3 is 1. The molecular weight excluding hydrogens is 306 g/mol. The van der Waals surface area contributed by atoms with E-state index < -0.39 is 0 Å². The van der Waals surface area contributed by atoms with Gasteiger partial charge in [0, 0.05) is 11.1 Å². The van der Waals surface area contributed by atoms with Crippen LogP contribution in [0.4, 0.5) is 0 Å². The van der Waals surface area contributed by atoms with E-state index in [1.165, 1.54) is 0 Å². The third kappa shape index (κ3) is 3.37. The number of hydrogen-bond acceptors (Lipinski definition) is 4. The van der Waals surface area contributed by atoms with Crippen LogP contribution in [-0.2, 0) is 9.47 Å². The highest BCUT2D eigenvalue weighted by Gasteiger charge is 2.35. The lowest BCUT2D eigenvalue weighted by atomic mass is 9.89. The van der Waals surface area contributed by atoms with Crippen molar-refractivity contribution in [3.63, 3.8) is 0 Å². The van der Waals surface area contributed by atoms with Crippen molar-refractivity contribution in [1.82, 2.24) is 5.32 Å². The summed E-state index contributed by atoms with van der Waals surface area (Å²) in [5.41, 5.74) is 0.456. The van der Waals surface area contributed by atoms with Gasteiger partial charge in [0.15, 0.2) is 0 Å². The molecule has 0 spiro atoms. The predicted octanol–water partition coefficient (Wildman–Crippen LogP) is 2.41. The molecule has 3 rings (SSSR count). The molecule has 2 fully saturated rings. The van der Waals surface area contributed by atoms with Gasteiger partial charge in [-0.25, -0.2) is 0 Å². The fourth-order valence-electron chi connectivity index (χ4n) is 3.12. The number of nitrogens with one attached hydrogen (secondary N) is 1. The van der Waals surface area contributed by atoms with E-state index in [-0.39, 0.29) is 24.2 Å². The molecule has 1 aromatic carbocycles. The summed E-state index contributed by atoms with van der Waals surface area (Å²) < 4.78 is 16.7. The van der Waals surface area contributed by atoms with Gasteiger partial charge < -0.3 is 19.5 Å². The largest absolute Gasteiger partial charge is 0.496 e. The number of carbonyl (C=O) groups excluding carboxylic acids is 1. The summed E-state index contributed by atoms with van der Waals surface area (Å²) in [7, 11) is 1.54. The van der Waals surface area contributed by atoms with Crippen molar-refractivity contribution in [2.24, 2.45) is 0 Å². The number of halogens is 1. The van der Waals surface area contributed by atoms with Crippen LogP contribution in [0.5, 0.6) is 5.75 Å². The number of fused-ring (bicyclic) bond motifs is 1. The molecule has 5 nitrogen and oxygen atoms in total. The second kappa shape index (κ2) is 6.86. The first-order valence-electron chi connectivity index (χ1n) is 7.55. The Hall–Kier alpha value is -1.30. The zero-order valence-corrected chi connectivity index (χ0v) is 13.3. The van der Waals surface area contributed by atoms with E-state index in [1.54, 1.807) is 25.3 Å². The van der Waals surface area contributed by atoms with Gasteiger partial charge >= 0.3 is 0 Å². The molecular formula is C16H20ClNO4. The molecule has 0 radical (unpaired) electrons. The van der Waals surface area contributed by atoms with E-state index >= 15 is 0 Å². The molecule has 0 bridgehead atoms. The Morgan fingerprint density at radius 3 is 2.82 bits per heavy atom. The molecule has 1 saturated carbocycles. The molecule has 3 atom stereocenters. The monoisotopic (exact) mass is 325 g/mol. The Morgan fingerprint density at radius 2 is 2.05 bits per heavy atom. The normalized spacial score (nSPS) is 27.8. The van der Waals surface area contributed by atoms with E-state index in [4.69, 9.17) is 25.8 Å². The average molecular weight is 326 g/mol. The first kappa shape index (κ1) is 15.6. The second-order valence-electron chi connectivity index (χ2n) is 5.65. The summed E-state index contributed by atoms with van der Waals surface area (Å²) >= 11 is 5.98. The number of rotatable bonds is 3. The molecule has 1 aromatic rings. The van der Waals surface area contributed by atoms with Crippen LogP contribution in [-0.4, -0.2) is 44.5 Å². The molecule has 1 saturated heterocycles. The Labute approximate surface area is 134 Å². The fourth-order valence-corrected chi connectivity index (χ4v) is 3.29. The molecule has 22 heavy (non-hydrogen) atoms. The molecule has 6 heteroatoms. The summed E-state index contributed by atoms with van der Waals surface area (Å²) in [4.78, 5) is 12.5. The van der Waals surface area contributed by atoms with Crippen molar-refractivity contribution >= 4 is 17.5 Å². The van der Waals surface area contributed by atoms with Crippen molar-refractivity contribution in [2.45, 2.75) is 37.5 Å². The number of carbonyl (C=O) groups is 1. The van der Waals surface area contributed by atoms with Crippen molar-refractivity contribution in [3.05, 3.63) is 28.8 Å². The first-order valence-corrected chi connectivity index (χ1v) is 7.93. The van der Waals surface area contributed by atoms with Gasteiger partial charge in [-0.05, 0) is 37.5 Å². The summed E-state index contributed by atoms with van der Waals surface area (Å²) in [5.74, 6) is 0.354. The maximum Gasteiger partial charge on any atom is 0.255 e. The fraction of sp³-hybridized carbons (Fsp3) is 0.562. The van der Waals surface area contributed by atoms with Gasteiger partial charge in [0.25, 0.3) is 5.91 Å². The molecule has 1 N–H and O–H groups in total. The smallest absolute Gasteiger partial charge is 0.255 e. The van der Waals surface area contributed by atoms with E-state index in [0.29, 0.717) is 29.5 Å². The number of ether oxygens (including phenoxy) is 3. The van der Waals surface area contributed by atoms with Crippen LogP contribution in [0.2, 0.25) is 5.02 Å². The summed E-state index contributed by atoms with van der Waals surface area (Å²) in [6.45, 7) is 1.29. The SMILES string of the molecule is COc1ccc(Cl)cc1C(=O)NC1CCC2OCCOC2C1. The lowest BCUT2D eigenvalue weighted by Crippen LogP contribution is -2.49. The lowest BCUT2D eigenvalue weighted by molar-refractivity contribution is -0.157. The standard InChI is InChI=1S/C16H20ClNO4/c1-20-13-4-2-10(17)8-12(13)16(19)18-11-3-5-14-15(9-11)22-7-6-21-14/h2,4,8,11,14-15H,3,5-7,9H2,1H3,(H,18,19). The molecule has 1 aliphatic heterocycles. The van der Waals surface area contributed by atoms with Crippen LogP contribution in [0.25, 0.3) is 0 Å². The third-order valence-corrected chi connectivity index (χ3v) is 4.45. The van der Waals surface area contributed by atoms with Gasteiger partial charge in [-0.1, -0.05) is 11.6 Å². The quantitative estimate of drug-likeness (QED) is 0.927. The predicted molar refractivity (Wildman–Crippen MR) is 82.6 cm³/mol. The molecule has 120 valence electrons. The van der Waals surface area contributed by atoms with Gasteiger partial charge in [-0.2, -0.15) is 0 Å². The highest BCUT2D eigenvalue weighted by atomic mass is 35.5. The molecule has 1 amide bonds. The average Bonchev–Trinajstić information content (AvgIpc) is 2.54. The van der Waals surface area contributed by atoms with E-state index in [0.717, 1.165) is 19.3 Å². The Balaban J connectivity index is 1.66. The third-order valence-electron chi connectivity index (χ3n) is 4.22. The summed E-state index contributed by atoms with van der Waals surface area (Å²) in [6, 6.07) is 5.11. The Bertz CT molecular complexity index is 551. The van der Waals surface area contributed by atoms with E-state index in [2.05, 4.69) is 5.32 Å². The number of amides is 1. The van der Waals surface area contributed by atoms with Crippen molar-refractivity contribution in [2.75, 3.05) is 20.3 Å². The van der Waals surface area contributed by atoms with Crippen molar-refractivity contribution in [3.8, 4) is 5.75 Å². The zero-order chi connectivity index (χ0) is 15.5. The minimum absolute atomic E-state index is 0.0778. The van der Waals surface area contributed by atoms with Crippen LogP contribution in [0, 0.1) is 0 Å². The van der Waals surface area contributed by atoms with Crippen molar-refractivity contribution < 1.29 is 19.0 Å². The van der Waals surface area contributed by atoms with Crippen LogP contribution >= 0.6 is 11.6 Å². The van der Waals surface area contributed by atoms with Crippen molar-refractivity contribution in [1.29, 1.82) is 0 Å². The second-order valence-corrected chi connectivity index (χ2v) is 6.08. The number of hydrogen-bond donors (Lipinski definition) is 1. The highest BCUT2D eigenvalue weighted by molar-refractivity contribution is 6.31.